The van der Waals surface area contributed by atoms with Crippen molar-refractivity contribution in [1.82, 2.24) is 19.5 Å². The van der Waals surface area contributed by atoms with Crippen LogP contribution in [0, 0.1) is 11.3 Å². The molecule has 7 nitrogen and oxygen atoms in total. The lowest BCUT2D eigenvalue weighted by atomic mass is 10.1. The molecule has 0 saturated heterocycles. The summed E-state index contributed by atoms with van der Waals surface area (Å²) in [5.41, 5.74) is 4.32. The van der Waals surface area contributed by atoms with E-state index in [0.717, 1.165) is 38.9 Å². The molecule has 2 aliphatic heterocycles. The number of carbonyl (C=O) groups excluding carboxylic acids is 1. The van der Waals surface area contributed by atoms with Crippen LogP contribution in [0.5, 0.6) is 0 Å². The number of thioether (sulfide) groups is 1. The third kappa shape index (κ3) is 3.90. The maximum Gasteiger partial charge on any atom is 0.283 e. The van der Waals surface area contributed by atoms with Crippen LogP contribution in [0.3, 0.4) is 0 Å². The highest BCUT2D eigenvalue weighted by molar-refractivity contribution is 8.17. The summed E-state index contributed by atoms with van der Waals surface area (Å²) in [6, 6.07) is 19.7. The number of hydrogen-bond acceptors (Lipinski definition) is 6. The fourth-order valence-electron chi connectivity index (χ4n) is 4.22. The molecule has 0 unspecified atom stereocenters. The maximum atomic E-state index is 13.1. The molecule has 178 valence electrons. The predicted octanol–water partition coefficient (Wildman–Crippen LogP) is 5.96. The lowest BCUT2D eigenvalue weighted by Crippen LogP contribution is -2.38. The Morgan fingerprint density at radius 2 is 1.72 bits per heavy atom. The molecule has 2 aromatic carbocycles. The van der Waals surface area contributed by atoms with E-state index in [1.54, 1.807) is 26.8 Å². The number of aliphatic imine (C=N–C) groups is 1. The molecule has 0 atom stereocenters. The number of fused-ring (bicyclic) bond motifs is 2. The molecule has 4 heterocycles. The number of imidazole rings is 1. The Bertz CT molecular complexity index is 1600. The zero-order valence-electron chi connectivity index (χ0n) is 19.7. The third-order valence-corrected chi connectivity index (χ3v) is 7.63. The van der Waals surface area contributed by atoms with Gasteiger partial charge in [-0.05, 0) is 17.6 Å². The Balaban J connectivity index is 1.48. The summed E-state index contributed by atoms with van der Waals surface area (Å²) < 4.78 is 1.80. The fraction of sp³-hybridized carbons (Fsp3) is 0.148. The molecule has 36 heavy (non-hydrogen) atoms. The van der Waals surface area contributed by atoms with E-state index >= 15 is 0 Å². The topological polar surface area (TPSA) is 86.7 Å². The maximum absolute atomic E-state index is 13.1. The molecule has 0 saturated carbocycles. The van der Waals surface area contributed by atoms with Crippen molar-refractivity contribution in [2.75, 3.05) is 0 Å². The molecule has 0 radical (unpaired) electrons. The quantitative estimate of drug-likeness (QED) is 0.335. The number of amidine groups is 2. The van der Waals surface area contributed by atoms with Gasteiger partial charge in [-0.1, -0.05) is 97.6 Å². The first kappa shape index (κ1) is 22.6. The minimum absolute atomic E-state index is 0.0942. The molecule has 9 heteroatoms. The average molecular weight is 511 g/mol. The third-order valence-electron chi connectivity index (χ3n) is 5.88. The van der Waals surface area contributed by atoms with Gasteiger partial charge in [0.1, 0.15) is 10.8 Å². The van der Waals surface area contributed by atoms with Gasteiger partial charge in [-0.2, -0.15) is 10.1 Å². The van der Waals surface area contributed by atoms with E-state index in [1.807, 2.05) is 66.1 Å². The molecule has 1 N–H and O–H groups in total. The second kappa shape index (κ2) is 9.00. The van der Waals surface area contributed by atoms with Crippen LogP contribution in [0.25, 0.3) is 28.0 Å². The second-order valence-corrected chi connectivity index (χ2v) is 10.8. The van der Waals surface area contributed by atoms with Gasteiger partial charge in [0.25, 0.3) is 5.91 Å². The normalized spacial score (nSPS) is 16.8. The Morgan fingerprint density at radius 3 is 2.42 bits per heavy atom. The highest BCUT2D eigenvalue weighted by Crippen LogP contribution is 2.38. The van der Waals surface area contributed by atoms with Gasteiger partial charge in [0.05, 0.1) is 22.7 Å². The van der Waals surface area contributed by atoms with Gasteiger partial charge in [0.15, 0.2) is 5.17 Å². The zero-order valence-corrected chi connectivity index (χ0v) is 21.3. The molecule has 0 fully saturated rings. The number of benzene rings is 2. The van der Waals surface area contributed by atoms with Crippen molar-refractivity contribution in [2.45, 2.75) is 20.3 Å². The number of nitrogens with one attached hydrogen (secondary N) is 1. The van der Waals surface area contributed by atoms with Crippen LogP contribution in [0.1, 0.15) is 30.1 Å². The number of amides is 1. The summed E-state index contributed by atoms with van der Waals surface area (Å²) >= 11 is 2.91. The van der Waals surface area contributed by atoms with Gasteiger partial charge in [-0.25, -0.2) is 9.50 Å². The summed E-state index contributed by atoms with van der Waals surface area (Å²) in [6.07, 6.45) is 2.57. The minimum atomic E-state index is -0.437. The van der Waals surface area contributed by atoms with Crippen molar-refractivity contribution in [3.63, 3.8) is 0 Å². The molecule has 4 aromatic rings. The summed E-state index contributed by atoms with van der Waals surface area (Å²) in [5.74, 6) is 0.123. The molecular weight excluding hydrogens is 488 g/mol. The number of nitrogens with zero attached hydrogens (tertiary/aromatic N) is 5. The lowest BCUT2D eigenvalue weighted by Gasteiger charge is -2.26. The minimum Gasteiger partial charge on any atom is -0.283 e. The molecule has 2 aromatic heterocycles. The zero-order chi connectivity index (χ0) is 24.8. The Hall–Kier alpha value is -3.82. The van der Waals surface area contributed by atoms with E-state index < -0.39 is 5.91 Å². The van der Waals surface area contributed by atoms with Crippen LogP contribution in [0.15, 0.2) is 76.6 Å². The van der Waals surface area contributed by atoms with Gasteiger partial charge in [-0.3, -0.25) is 15.1 Å². The number of rotatable bonds is 5. The van der Waals surface area contributed by atoms with Crippen molar-refractivity contribution in [3.05, 3.63) is 87.9 Å². The molecule has 0 spiro atoms. The van der Waals surface area contributed by atoms with Gasteiger partial charge in [0, 0.05) is 17.4 Å². The molecule has 2 aliphatic rings. The Kier molecular flexibility index (Phi) is 5.66. The Morgan fingerprint density at radius 1 is 1.03 bits per heavy atom. The van der Waals surface area contributed by atoms with E-state index in [-0.39, 0.29) is 11.4 Å². The van der Waals surface area contributed by atoms with Crippen molar-refractivity contribution in [2.24, 2.45) is 10.9 Å². The predicted molar refractivity (Wildman–Crippen MR) is 147 cm³/mol. The van der Waals surface area contributed by atoms with Gasteiger partial charge in [0.2, 0.25) is 4.96 Å². The Labute approximate surface area is 216 Å². The standard InChI is InChI=1S/C27H22N6OS2/c1-16(2)13-22-31-33-20(23(29-27(33)36-22)18-11-7-4-8-12-18)14-19-24(28)32-21(17-9-5-3-6-10-17)15-35-26(32)30-25(19)34/h3-12,14-16,28H,13H2,1-2H3/b19-14-,28-24?. The van der Waals surface area contributed by atoms with Crippen LogP contribution in [0.4, 0.5) is 0 Å². The first-order valence-electron chi connectivity index (χ1n) is 11.6. The summed E-state index contributed by atoms with van der Waals surface area (Å²) in [4.78, 5) is 24.8. The van der Waals surface area contributed by atoms with Crippen LogP contribution in [-0.2, 0) is 11.2 Å². The van der Waals surface area contributed by atoms with E-state index in [0.29, 0.717) is 16.8 Å². The highest BCUT2D eigenvalue weighted by atomic mass is 32.2. The van der Waals surface area contributed by atoms with E-state index in [2.05, 4.69) is 18.8 Å². The van der Waals surface area contributed by atoms with E-state index in [1.165, 1.54) is 11.8 Å². The largest absolute Gasteiger partial charge is 0.283 e. The fourth-order valence-corrected chi connectivity index (χ4v) is 6.23. The SMILES string of the molecule is CC(C)Cc1nn2c(/C=C3/C(=N)N4C(c5ccccc5)=CSC4=NC3=O)c(-c3ccccc3)nc2s1. The van der Waals surface area contributed by atoms with Gasteiger partial charge in [-0.15, -0.1) is 0 Å². The number of hydrogen-bond donors (Lipinski definition) is 1. The first-order valence-corrected chi connectivity index (χ1v) is 13.3. The van der Waals surface area contributed by atoms with Crippen LogP contribution < -0.4 is 0 Å². The van der Waals surface area contributed by atoms with E-state index in [4.69, 9.17) is 15.5 Å². The number of carbonyl (C=O) groups is 1. The summed E-state index contributed by atoms with van der Waals surface area (Å²) in [5, 5.41) is 17.3. The summed E-state index contributed by atoms with van der Waals surface area (Å²) in [6.45, 7) is 4.32. The molecular formula is C27H22N6OS2. The van der Waals surface area contributed by atoms with Crippen LogP contribution >= 0.6 is 23.1 Å². The summed E-state index contributed by atoms with van der Waals surface area (Å²) in [7, 11) is 0. The van der Waals surface area contributed by atoms with E-state index in [9.17, 15) is 4.79 Å². The lowest BCUT2D eigenvalue weighted by molar-refractivity contribution is -0.114. The molecule has 1 amide bonds. The highest BCUT2D eigenvalue weighted by Gasteiger charge is 2.36. The second-order valence-electron chi connectivity index (χ2n) is 8.93. The van der Waals surface area contributed by atoms with Crippen molar-refractivity contribution in [3.8, 4) is 11.3 Å². The average Bonchev–Trinajstić information content (AvgIpc) is 3.56. The molecule has 0 aliphatic carbocycles. The first-order chi connectivity index (χ1) is 17.5. The van der Waals surface area contributed by atoms with Crippen molar-refractivity contribution >= 4 is 56.7 Å². The van der Waals surface area contributed by atoms with Crippen LogP contribution in [0.2, 0.25) is 0 Å². The molecule has 6 rings (SSSR count). The van der Waals surface area contributed by atoms with Gasteiger partial charge < -0.3 is 0 Å². The van der Waals surface area contributed by atoms with Crippen molar-refractivity contribution in [1.29, 1.82) is 5.41 Å². The van der Waals surface area contributed by atoms with Gasteiger partial charge >= 0.3 is 0 Å². The number of aromatic nitrogens is 3. The monoisotopic (exact) mass is 510 g/mol. The van der Waals surface area contributed by atoms with Crippen LogP contribution in [-0.4, -0.2) is 36.4 Å². The van der Waals surface area contributed by atoms with Crippen molar-refractivity contribution < 1.29 is 4.79 Å². The molecule has 0 bridgehead atoms. The smallest absolute Gasteiger partial charge is 0.283 e.